The topological polar surface area (TPSA) is 40.6 Å². The summed E-state index contributed by atoms with van der Waals surface area (Å²) in [5.74, 6) is -0.259. The highest BCUT2D eigenvalue weighted by molar-refractivity contribution is 9.10. The Morgan fingerprint density at radius 1 is 1.07 bits per heavy atom. The van der Waals surface area contributed by atoms with E-state index in [1.165, 1.54) is 4.90 Å². The highest BCUT2D eigenvalue weighted by Crippen LogP contribution is 2.51. The molecule has 27 heavy (non-hydrogen) atoms. The number of amides is 3. The molecule has 1 saturated carbocycles. The Balaban J connectivity index is 1.80. The van der Waals surface area contributed by atoms with Crippen LogP contribution in [0.5, 0.6) is 0 Å². The Hall–Kier alpha value is -1.56. The van der Waals surface area contributed by atoms with E-state index in [0.717, 1.165) is 22.9 Å². The molecule has 1 aliphatic heterocycles. The van der Waals surface area contributed by atoms with E-state index in [4.69, 9.17) is 23.2 Å². The number of rotatable bonds is 2. The predicted molar refractivity (Wildman–Crippen MR) is 111 cm³/mol. The number of urea groups is 1. The summed E-state index contributed by atoms with van der Waals surface area (Å²) >= 11 is 15.6. The number of nitrogens with zero attached hydrogens (tertiary/aromatic N) is 2. The summed E-state index contributed by atoms with van der Waals surface area (Å²) in [4.78, 5) is 29.5. The van der Waals surface area contributed by atoms with Crippen LogP contribution in [0, 0.1) is 0 Å². The van der Waals surface area contributed by atoms with Crippen LogP contribution in [0.4, 0.5) is 10.5 Å². The van der Waals surface area contributed by atoms with Gasteiger partial charge in [-0.1, -0.05) is 51.3 Å². The minimum Gasteiger partial charge on any atom is -0.312 e. The molecule has 0 radical (unpaired) electrons. The second kappa shape index (κ2) is 6.80. The number of likely N-dealkylation sites (N-methyl/N-ethyl adjacent to an activating group) is 1. The van der Waals surface area contributed by atoms with Gasteiger partial charge in [0.1, 0.15) is 5.54 Å². The Morgan fingerprint density at radius 2 is 1.70 bits per heavy atom. The third-order valence-corrected chi connectivity index (χ3v) is 6.62. The van der Waals surface area contributed by atoms with Gasteiger partial charge in [-0.2, -0.15) is 0 Å². The van der Waals surface area contributed by atoms with Crippen molar-refractivity contribution in [2.75, 3.05) is 11.9 Å². The lowest BCUT2D eigenvalue weighted by Crippen LogP contribution is -2.49. The molecule has 1 heterocycles. The molecule has 0 aromatic heterocycles. The van der Waals surface area contributed by atoms with Gasteiger partial charge in [-0.3, -0.25) is 4.79 Å². The smallest absolute Gasteiger partial charge is 0.312 e. The number of carbonyl (C=O) groups is 2. The number of imide groups is 1. The van der Waals surface area contributed by atoms with Gasteiger partial charge in [-0.25, -0.2) is 9.69 Å². The maximum Gasteiger partial charge on any atom is 0.332 e. The van der Waals surface area contributed by atoms with E-state index in [-0.39, 0.29) is 17.9 Å². The van der Waals surface area contributed by atoms with Crippen molar-refractivity contribution in [3.8, 4) is 0 Å². The van der Waals surface area contributed by atoms with Crippen LogP contribution >= 0.6 is 39.1 Å². The fourth-order valence-electron chi connectivity index (χ4n) is 4.42. The molecule has 1 spiro atoms. The molecule has 2 atom stereocenters. The monoisotopic (exact) mass is 466 g/mol. The van der Waals surface area contributed by atoms with Gasteiger partial charge in [0.25, 0.3) is 5.91 Å². The van der Waals surface area contributed by atoms with Gasteiger partial charge in [-0.05, 0) is 55.2 Å². The summed E-state index contributed by atoms with van der Waals surface area (Å²) in [7, 11) is 1.71. The molecule has 140 valence electrons. The number of hydrogen-bond donors (Lipinski definition) is 0. The average molecular weight is 468 g/mol. The van der Waals surface area contributed by atoms with Crippen molar-refractivity contribution in [2.24, 2.45) is 0 Å². The zero-order valence-corrected chi connectivity index (χ0v) is 17.7. The summed E-state index contributed by atoms with van der Waals surface area (Å²) in [6, 6.07) is 12.4. The maximum atomic E-state index is 13.6. The summed E-state index contributed by atoms with van der Waals surface area (Å²) in [6.45, 7) is 0. The van der Waals surface area contributed by atoms with Crippen LogP contribution in [0.25, 0.3) is 0 Å². The third-order valence-electron chi connectivity index (χ3n) is 5.66. The second-order valence-electron chi connectivity index (χ2n) is 7.03. The fourth-order valence-corrected chi connectivity index (χ4v) is 5.20. The molecule has 0 bridgehead atoms. The standard InChI is InChI=1S/C20H17BrCl2N2O2/c1-24-19(27)25(16-10-14(22)9-15(23)11-16)18(26)20(24)8-2-3-17(20)12-4-6-13(21)7-5-12/h4-7,9-11,17H,2-3,8H2,1H3. The molecule has 2 aliphatic rings. The molecule has 1 saturated heterocycles. The van der Waals surface area contributed by atoms with Crippen LogP contribution in [-0.4, -0.2) is 29.4 Å². The van der Waals surface area contributed by atoms with Crippen molar-refractivity contribution in [3.63, 3.8) is 0 Å². The van der Waals surface area contributed by atoms with Gasteiger partial charge in [0.15, 0.2) is 0 Å². The van der Waals surface area contributed by atoms with E-state index in [0.29, 0.717) is 22.2 Å². The number of hydrogen-bond acceptors (Lipinski definition) is 2. The van der Waals surface area contributed by atoms with Gasteiger partial charge >= 0.3 is 6.03 Å². The first-order chi connectivity index (χ1) is 12.8. The van der Waals surface area contributed by atoms with Gasteiger partial charge < -0.3 is 4.90 Å². The number of anilines is 1. The van der Waals surface area contributed by atoms with E-state index < -0.39 is 5.54 Å². The highest BCUT2D eigenvalue weighted by Gasteiger charge is 2.62. The first kappa shape index (κ1) is 18.8. The molecular formula is C20H17BrCl2N2O2. The quantitative estimate of drug-likeness (QED) is 0.519. The van der Waals surface area contributed by atoms with Crippen molar-refractivity contribution in [1.29, 1.82) is 0 Å². The molecule has 3 amide bonds. The van der Waals surface area contributed by atoms with Crippen molar-refractivity contribution < 1.29 is 9.59 Å². The Labute approximate surface area is 176 Å². The molecule has 7 heteroatoms. The van der Waals surface area contributed by atoms with Gasteiger partial charge in [0.05, 0.1) is 5.69 Å². The van der Waals surface area contributed by atoms with E-state index in [9.17, 15) is 9.59 Å². The highest BCUT2D eigenvalue weighted by atomic mass is 79.9. The molecule has 2 aromatic carbocycles. The van der Waals surface area contributed by atoms with Crippen LogP contribution in [-0.2, 0) is 4.79 Å². The number of benzene rings is 2. The summed E-state index contributed by atoms with van der Waals surface area (Å²) in [5.41, 5.74) is 0.599. The third kappa shape index (κ3) is 2.87. The zero-order chi connectivity index (χ0) is 19.3. The Kier molecular flexibility index (Phi) is 4.73. The first-order valence-electron chi connectivity index (χ1n) is 8.68. The lowest BCUT2D eigenvalue weighted by atomic mass is 9.81. The normalized spacial score (nSPS) is 25.1. The largest absolute Gasteiger partial charge is 0.332 e. The molecule has 4 nitrogen and oxygen atoms in total. The molecule has 4 rings (SSSR count). The summed E-state index contributed by atoms with van der Waals surface area (Å²) in [6.07, 6.45) is 2.38. The van der Waals surface area contributed by atoms with Crippen molar-refractivity contribution in [3.05, 3.63) is 62.5 Å². The van der Waals surface area contributed by atoms with Crippen LogP contribution in [0.15, 0.2) is 46.9 Å². The van der Waals surface area contributed by atoms with Crippen molar-refractivity contribution in [2.45, 2.75) is 30.7 Å². The van der Waals surface area contributed by atoms with Crippen LogP contribution in [0.2, 0.25) is 10.0 Å². The molecule has 2 unspecified atom stereocenters. The SMILES string of the molecule is CN1C(=O)N(c2cc(Cl)cc(Cl)c2)C(=O)C12CCCC2c1ccc(Br)cc1. The van der Waals surface area contributed by atoms with Crippen LogP contribution in [0.3, 0.4) is 0 Å². The maximum absolute atomic E-state index is 13.6. The van der Waals surface area contributed by atoms with Crippen LogP contribution in [0.1, 0.15) is 30.7 Å². The molecule has 2 fully saturated rings. The molecule has 1 aliphatic carbocycles. The van der Waals surface area contributed by atoms with E-state index in [1.54, 1.807) is 30.1 Å². The van der Waals surface area contributed by atoms with Gasteiger partial charge in [-0.15, -0.1) is 0 Å². The molecular weight excluding hydrogens is 451 g/mol. The van der Waals surface area contributed by atoms with E-state index in [2.05, 4.69) is 15.9 Å². The van der Waals surface area contributed by atoms with Gasteiger partial charge in [0, 0.05) is 27.5 Å². The summed E-state index contributed by atoms with van der Waals surface area (Å²) < 4.78 is 0.982. The zero-order valence-electron chi connectivity index (χ0n) is 14.6. The Bertz CT molecular complexity index is 914. The summed E-state index contributed by atoms with van der Waals surface area (Å²) in [5, 5.41) is 0.773. The Morgan fingerprint density at radius 3 is 2.33 bits per heavy atom. The number of carbonyl (C=O) groups excluding carboxylic acids is 2. The average Bonchev–Trinajstić information content (AvgIpc) is 3.13. The lowest BCUT2D eigenvalue weighted by molar-refractivity contribution is -0.125. The fraction of sp³-hybridized carbons (Fsp3) is 0.300. The van der Waals surface area contributed by atoms with Crippen LogP contribution < -0.4 is 4.90 Å². The van der Waals surface area contributed by atoms with Crippen molar-refractivity contribution in [1.82, 2.24) is 4.90 Å². The predicted octanol–water partition coefficient (Wildman–Crippen LogP) is 5.86. The minimum atomic E-state index is -0.875. The van der Waals surface area contributed by atoms with E-state index in [1.807, 2.05) is 24.3 Å². The van der Waals surface area contributed by atoms with E-state index >= 15 is 0 Å². The van der Waals surface area contributed by atoms with Gasteiger partial charge in [0.2, 0.25) is 0 Å². The lowest BCUT2D eigenvalue weighted by Gasteiger charge is -2.34. The molecule has 0 N–H and O–H groups in total. The number of halogens is 3. The first-order valence-corrected chi connectivity index (χ1v) is 10.2. The van der Waals surface area contributed by atoms with Crippen molar-refractivity contribution >= 4 is 56.8 Å². The molecule has 2 aromatic rings. The second-order valence-corrected chi connectivity index (χ2v) is 8.82. The minimum absolute atomic E-state index is 0.0493.